The fourth-order valence-corrected chi connectivity index (χ4v) is 1.80. The largest absolute Gasteiger partial charge is 0.353 e. The van der Waals surface area contributed by atoms with E-state index >= 15 is 0 Å². The second-order valence-electron chi connectivity index (χ2n) is 3.90. The van der Waals surface area contributed by atoms with Crippen molar-refractivity contribution in [1.82, 2.24) is 5.32 Å². The summed E-state index contributed by atoms with van der Waals surface area (Å²) in [6.07, 6.45) is 6.10. The van der Waals surface area contributed by atoms with E-state index in [4.69, 9.17) is 11.6 Å². The number of hydrogen-bond acceptors (Lipinski definition) is 1. The molecule has 1 aliphatic carbocycles. The van der Waals surface area contributed by atoms with Crippen LogP contribution in [-0.4, -0.2) is 17.8 Å². The maximum absolute atomic E-state index is 11.4. The van der Waals surface area contributed by atoms with E-state index < -0.39 is 0 Å². The van der Waals surface area contributed by atoms with E-state index in [2.05, 4.69) is 5.32 Å². The van der Waals surface area contributed by atoms with E-state index in [-0.39, 0.29) is 11.8 Å². The Labute approximate surface area is 85.0 Å². The molecular formula is C10H18ClNO. The molecule has 0 aromatic heterocycles. The molecule has 0 radical (unpaired) electrons. The van der Waals surface area contributed by atoms with E-state index in [9.17, 15) is 4.79 Å². The molecule has 1 unspecified atom stereocenters. The minimum atomic E-state index is -0.0522. The van der Waals surface area contributed by atoms with E-state index in [1.807, 2.05) is 6.92 Å². The fourth-order valence-electron chi connectivity index (χ4n) is 1.66. The molecule has 0 bridgehead atoms. The summed E-state index contributed by atoms with van der Waals surface area (Å²) >= 11 is 5.60. The van der Waals surface area contributed by atoms with Crippen LogP contribution in [0.1, 0.15) is 39.0 Å². The Hall–Kier alpha value is -0.240. The number of carbonyl (C=O) groups excluding carboxylic acids is 1. The van der Waals surface area contributed by atoms with Crippen LogP contribution in [0.3, 0.4) is 0 Å². The number of halogens is 1. The van der Waals surface area contributed by atoms with Crippen molar-refractivity contribution in [1.29, 1.82) is 0 Å². The zero-order valence-electron chi connectivity index (χ0n) is 8.18. The summed E-state index contributed by atoms with van der Waals surface area (Å²) in [5.74, 6) is 0.476. The number of carbonyl (C=O) groups is 1. The Morgan fingerprint density at radius 1 is 1.46 bits per heavy atom. The first kappa shape index (κ1) is 10.8. The first-order valence-corrected chi connectivity index (χ1v) is 5.64. The van der Waals surface area contributed by atoms with Crippen molar-refractivity contribution in [2.45, 2.75) is 45.1 Å². The number of alkyl halides is 1. The molecule has 2 nitrogen and oxygen atoms in total. The lowest BCUT2D eigenvalue weighted by Gasteiger charge is -2.23. The van der Waals surface area contributed by atoms with Gasteiger partial charge in [-0.3, -0.25) is 4.79 Å². The van der Waals surface area contributed by atoms with E-state index in [0.717, 1.165) is 12.8 Å². The molecule has 1 N–H and O–H groups in total. The highest BCUT2D eigenvalue weighted by molar-refractivity contribution is 6.19. The van der Waals surface area contributed by atoms with Gasteiger partial charge >= 0.3 is 0 Å². The van der Waals surface area contributed by atoms with Gasteiger partial charge < -0.3 is 5.32 Å². The van der Waals surface area contributed by atoms with Gasteiger partial charge in [-0.25, -0.2) is 0 Å². The Balaban J connectivity index is 2.26. The van der Waals surface area contributed by atoms with E-state index in [1.165, 1.54) is 19.3 Å². The van der Waals surface area contributed by atoms with Gasteiger partial charge in [-0.1, -0.05) is 26.2 Å². The third-order valence-corrected chi connectivity index (χ3v) is 3.09. The van der Waals surface area contributed by atoms with Crippen LogP contribution >= 0.6 is 11.6 Å². The zero-order valence-corrected chi connectivity index (χ0v) is 8.94. The van der Waals surface area contributed by atoms with Gasteiger partial charge in [0.15, 0.2) is 0 Å². The Morgan fingerprint density at radius 2 is 2.08 bits per heavy atom. The Bertz CT molecular complexity index is 166. The number of nitrogens with one attached hydrogen (secondary N) is 1. The zero-order chi connectivity index (χ0) is 9.68. The highest BCUT2D eigenvalue weighted by atomic mass is 35.5. The maximum Gasteiger partial charge on any atom is 0.224 e. The van der Waals surface area contributed by atoms with Crippen LogP contribution in [0.4, 0.5) is 0 Å². The molecule has 0 aliphatic heterocycles. The number of rotatable bonds is 3. The SMILES string of the molecule is CC(CCl)C(=O)NC1CCCCC1. The van der Waals surface area contributed by atoms with Gasteiger partial charge in [0, 0.05) is 17.8 Å². The van der Waals surface area contributed by atoms with Gasteiger partial charge in [-0.15, -0.1) is 11.6 Å². The van der Waals surface area contributed by atoms with Crippen LogP contribution in [0, 0.1) is 5.92 Å². The van der Waals surface area contributed by atoms with Gasteiger partial charge in [0.2, 0.25) is 5.91 Å². The Morgan fingerprint density at radius 3 is 2.62 bits per heavy atom. The first-order valence-electron chi connectivity index (χ1n) is 5.10. The van der Waals surface area contributed by atoms with Gasteiger partial charge in [0.25, 0.3) is 0 Å². The maximum atomic E-state index is 11.4. The molecule has 1 fully saturated rings. The predicted octanol–water partition coefficient (Wildman–Crippen LogP) is 2.31. The van der Waals surface area contributed by atoms with Crippen molar-refractivity contribution >= 4 is 17.5 Å². The molecule has 0 aromatic rings. The molecule has 0 spiro atoms. The molecular weight excluding hydrogens is 186 g/mol. The average molecular weight is 204 g/mol. The third kappa shape index (κ3) is 3.55. The minimum Gasteiger partial charge on any atom is -0.353 e. The quantitative estimate of drug-likeness (QED) is 0.701. The fraction of sp³-hybridized carbons (Fsp3) is 0.900. The van der Waals surface area contributed by atoms with Crippen LogP contribution in [0.25, 0.3) is 0 Å². The lowest BCUT2D eigenvalue weighted by atomic mass is 9.95. The lowest BCUT2D eigenvalue weighted by Crippen LogP contribution is -2.39. The van der Waals surface area contributed by atoms with Crippen molar-refractivity contribution in [3.8, 4) is 0 Å². The summed E-state index contributed by atoms with van der Waals surface area (Å²) in [5, 5.41) is 3.05. The van der Waals surface area contributed by atoms with Crippen LogP contribution in [0.15, 0.2) is 0 Å². The van der Waals surface area contributed by atoms with Crippen molar-refractivity contribution in [2.24, 2.45) is 5.92 Å². The predicted molar refractivity (Wildman–Crippen MR) is 54.9 cm³/mol. The first-order chi connectivity index (χ1) is 6.24. The molecule has 3 heteroatoms. The summed E-state index contributed by atoms with van der Waals surface area (Å²) in [4.78, 5) is 11.4. The minimum absolute atomic E-state index is 0.0522. The third-order valence-electron chi connectivity index (χ3n) is 2.63. The molecule has 1 amide bonds. The Kier molecular flexibility index (Phi) is 4.57. The van der Waals surface area contributed by atoms with E-state index in [1.54, 1.807) is 0 Å². The lowest BCUT2D eigenvalue weighted by molar-refractivity contribution is -0.124. The summed E-state index contributed by atoms with van der Waals surface area (Å²) < 4.78 is 0. The summed E-state index contributed by atoms with van der Waals surface area (Å²) in [5.41, 5.74) is 0. The molecule has 0 aromatic carbocycles. The standard InChI is InChI=1S/C10H18ClNO/c1-8(7-11)10(13)12-9-5-3-2-4-6-9/h8-9H,2-7H2,1H3,(H,12,13). The molecule has 0 saturated heterocycles. The summed E-state index contributed by atoms with van der Waals surface area (Å²) in [6.45, 7) is 1.87. The molecule has 1 rings (SSSR count). The van der Waals surface area contributed by atoms with Crippen molar-refractivity contribution in [2.75, 3.05) is 5.88 Å². The average Bonchev–Trinajstić information content (AvgIpc) is 2.18. The molecule has 1 aliphatic rings. The van der Waals surface area contributed by atoms with Crippen molar-refractivity contribution in [3.05, 3.63) is 0 Å². The van der Waals surface area contributed by atoms with Crippen molar-refractivity contribution in [3.63, 3.8) is 0 Å². The number of hydrogen-bond donors (Lipinski definition) is 1. The van der Waals surface area contributed by atoms with Gasteiger partial charge in [-0.2, -0.15) is 0 Å². The van der Waals surface area contributed by atoms with Crippen LogP contribution in [0.5, 0.6) is 0 Å². The number of amides is 1. The summed E-state index contributed by atoms with van der Waals surface area (Å²) in [7, 11) is 0. The van der Waals surface area contributed by atoms with Gasteiger partial charge in [-0.05, 0) is 12.8 Å². The molecule has 1 atom stereocenters. The van der Waals surface area contributed by atoms with Crippen LogP contribution in [-0.2, 0) is 4.79 Å². The van der Waals surface area contributed by atoms with Crippen LogP contribution < -0.4 is 5.32 Å². The van der Waals surface area contributed by atoms with Crippen molar-refractivity contribution < 1.29 is 4.79 Å². The van der Waals surface area contributed by atoms with Crippen LogP contribution in [0.2, 0.25) is 0 Å². The molecule has 0 heterocycles. The molecule has 1 saturated carbocycles. The normalized spacial score (nSPS) is 21.1. The smallest absolute Gasteiger partial charge is 0.224 e. The highest BCUT2D eigenvalue weighted by Gasteiger charge is 2.18. The second kappa shape index (κ2) is 5.48. The van der Waals surface area contributed by atoms with Gasteiger partial charge in [0.05, 0.1) is 0 Å². The molecule has 13 heavy (non-hydrogen) atoms. The monoisotopic (exact) mass is 203 g/mol. The molecule has 76 valence electrons. The topological polar surface area (TPSA) is 29.1 Å². The highest BCUT2D eigenvalue weighted by Crippen LogP contribution is 2.17. The summed E-state index contributed by atoms with van der Waals surface area (Å²) in [6, 6.07) is 0.409. The van der Waals surface area contributed by atoms with Gasteiger partial charge in [0.1, 0.15) is 0 Å². The second-order valence-corrected chi connectivity index (χ2v) is 4.21. The van der Waals surface area contributed by atoms with E-state index in [0.29, 0.717) is 11.9 Å².